The summed E-state index contributed by atoms with van der Waals surface area (Å²) < 4.78 is 40.9. The molecule has 6 heteroatoms. The van der Waals surface area contributed by atoms with Crippen LogP contribution in [0.2, 0.25) is 0 Å². The van der Waals surface area contributed by atoms with Gasteiger partial charge in [0.1, 0.15) is 10.7 Å². The van der Waals surface area contributed by atoms with Gasteiger partial charge in [-0.15, -0.1) is 0 Å². The van der Waals surface area contributed by atoms with E-state index in [1.165, 1.54) is 13.0 Å². The maximum absolute atomic E-state index is 14.0. The molecule has 1 atom stereocenters. The molecule has 0 aliphatic rings. The quantitative estimate of drug-likeness (QED) is 0.601. The Morgan fingerprint density at radius 3 is 2.60 bits per heavy atom. The third-order valence-corrected chi connectivity index (χ3v) is 4.72. The molecule has 0 saturated heterocycles. The predicted octanol–water partition coefficient (Wildman–Crippen LogP) is 2.96. The van der Waals surface area contributed by atoms with Gasteiger partial charge in [-0.2, -0.15) is 0 Å². The molecule has 20 heavy (non-hydrogen) atoms. The van der Waals surface area contributed by atoms with E-state index in [4.69, 9.17) is 5.73 Å². The number of nitrogens with one attached hydrogen (secondary N) is 1. The summed E-state index contributed by atoms with van der Waals surface area (Å²) in [6.45, 7) is 5.36. The monoisotopic (exact) mass is 302 g/mol. The first-order chi connectivity index (χ1) is 9.27. The summed E-state index contributed by atoms with van der Waals surface area (Å²) in [6.07, 6.45) is 3.80. The first kappa shape index (κ1) is 16.9. The molecule has 114 valence electrons. The molecule has 0 amide bonds. The second kappa shape index (κ2) is 7.04. The van der Waals surface area contributed by atoms with Gasteiger partial charge in [-0.1, -0.05) is 26.2 Å². The summed E-state index contributed by atoms with van der Waals surface area (Å²) in [5.74, 6) is -0.743. The zero-order valence-corrected chi connectivity index (χ0v) is 13.1. The molecule has 1 unspecified atom stereocenters. The maximum atomic E-state index is 14.0. The van der Waals surface area contributed by atoms with Crippen molar-refractivity contribution in [2.24, 2.45) is 0 Å². The van der Waals surface area contributed by atoms with Crippen molar-refractivity contribution in [3.8, 4) is 0 Å². The second-order valence-corrected chi connectivity index (χ2v) is 6.85. The van der Waals surface area contributed by atoms with Gasteiger partial charge in [0, 0.05) is 11.7 Å². The summed E-state index contributed by atoms with van der Waals surface area (Å²) in [5, 5.41) is 0. The fraction of sp³-hybridized carbons (Fsp3) is 0.571. The molecule has 3 N–H and O–H groups in total. The highest BCUT2D eigenvalue weighted by atomic mass is 32.2. The lowest BCUT2D eigenvalue weighted by atomic mass is 10.1. The molecule has 0 heterocycles. The van der Waals surface area contributed by atoms with E-state index in [0.717, 1.165) is 31.7 Å². The van der Waals surface area contributed by atoms with Gasteiger partial charge in [0.25, 0.3) is 0 Å². The number of anilines is 1. The highest BCUT2D eigenvalue weighted by Crippen LogP contribution is 2.22. The highest BCUT2D eigenvalue weighted by molar-refractivity contribution is 7.89. The minimum absolute atomic E-state index is 0.226. The Hall–Kier alpha value is -1.14. The Kier molecular flexibility index (Phi) is 5.95. The first-order valence-electron chi connectivity index (χ1n) is 6.86. The summed E-state index contributed by atoms with van der Waals surface area (Å²) in [5.41, 5.74) is 6.06. The number of unbranched alkanes of at least 4 members (excludes halogenated alkanes) is 2. The van der Waals surface area contributed by atoms with Gasteiger partial charge in [-0.25, -0.2) is 17.5 Å². The number of nitrogens with two attached hydrogens (primary N) is 1. The lowest BCUT2D eigenvalue weighted by Gasteiger charge is -2.15. The van der Waals surface area contributed by atoms with Gasteiger partial charge in [0.05, 0.1) is 0 Å². The molecule has 4 nitrogen and oxygen atoms in total. The fourth-order valence-corrected chi connectivity index (χ4v) is 3.51. The van der Waals surface area contributed by atoms with Crippen molar-refractivity contribution in [1.29, 1.82) is 0 Å². The Labute approximate surface area is 120 Å². The number of benzene rings is 1. The van der Waals surface area contributed by atoms with Crippen molar-refractivity contribution in [1.82, 2.24) is 4.72 Å². The number of rotatable bonds is 7. The minimum Gasteiger partial charge on any atom is -0.399 e. The molecule has 1 aromatic carbocycles. The summed E-state index contributed by atoms with van der Waals surface area (Å²) in [7, 11) is -3.88. The highest BCUT2D eigenvalue weighted by Gasteiger charge is 2.22. The third kappa shape index (κ3) is 4.45. The molecule has 0 saturated carbocycles. The summed E-state index contributed by atoms with van der Waals surface area (Å²) in [6, 6.07) is 2.34. The van der Waals surface area contributed by atoms with E-state index in [2.05, 4.69) is 11.6 Å². The van der Waals surface area contributed by atoms with E-state index in [-0.39, 0.29) is 22.2 Å². The molecular weight excluding hydrogens is 279 g/mol. The second-order valence-electron chi connectivity index (χ2n) is 5.17. The Balaban J connectivity index is 2.89. The Morgan fingerprint density at radius 1 is 1.35 bits per heavy atom. The van der Waals surface area contributed by atoms with Crippen LogP contribution in [0.25, 0.3) is 0 Å². The van der Waals surface area contributed by atoms with Crippen LogP contribution in [0.5, 0.6) is 0 Å². The number of nitrogen functional groups attached to an aromatic ring is 1. The van der Waals surface area contributed by atoms with Crippen molar-refractivity contribution in [2.75, 3.05) is 5.73 Å². The minimum atomic E-state index is -3.88. The topological polar surface area (TPSA) is 72.2 Å². The number of aryl methyl sites for hydroxylation is 1. The van der Waals surface area contributed by atoms with E-state index >= 15 is 0 Å². The summed E-state index contributed by atoms with van der Waals surface area (Å²) >= 11 is 0. The van der Waals surface area contributed by atoms with E-state index in [1.807, 2.05) is 0 Å². The van der Waals surface area contributed by atoms with Crippen molar-refractivity contribution in [3.05, 3.63) is 23.5 Å². The lowest BCUT2D eigenvalue weighted by Crippen LogP contribution is -2.33. The van der Waals surface area contributed by atoms with Crippen LogP contribution >= 0.6 is 0 Å². The van der Waals surface area contributed by atoms with E-state index in [9.17, 15) is 12.8 Å². The van der Waals surface area contributed by atoms with E-state index < -0.39 is 15.8 Å². The van der Waals surface area contributed by atoms with E-state index in [0.29, 0.717) is 0 Å². The first-order valence-corrected chi connectivity index (χ1v) is 8.34. The fourth-order valence-electron chi connectivity index (χ4n) is 2.05. The van der Waals surface area contributed by atoms with E-state index in [1.54, 1.807) is 6.92 Å². The molecule has 0 radical (unpaired) electrons. The average molecular weight is 302 g/mol. The number of halogens is 1. The standard InChI is InChI=1S/C14H23FN2O2S/c1-4-5-6-7-11(3)17-20(18,19)13-9-12(16)8-10(2)14(13)15/h8-9,11,17H,4-7,16H2,1-3H3. The zero-order chi connectivity index (χ0) is 15.3. The van der Waals surface area contributed by atoms with Gasteiger partial charge >= 0.3 is 0 Å². The average Bonchev–Trinajstić information content (AvgIpc) is 2.33. The molecular formula is C14H23FN2O2S. The van der Waals surface area contributed by atoms with Crippen molar-refractivity contribution in [2.45, 2.75) is 57.4 Å². The van der Waals surface area contributed by atoms with Crippen LogP contribution in [0.4, 0.5) is 10.1 Å². The van der Waals surface area contributed by atoms with Gasteiger partial charge in [-0.05, 0) is 38.0 Å². The molecule has 0 fully saturated rings. The van der Waals surface area contributed by atoms with Crippen LogP contribution in [0.3, 0.4) is 0 Å². The Bertz CT molecular complexity index is 559. The van der Waals surface area contributed by atoms with Crippen LogP contribution < -0.4 is 10.5 Å². The van der Waals surface area contributed by atoms with Crippen molar-refractivity contribution in [3.63, 3.8) is 0 Å². The number of hydrogen-bond acceptors (Lipinski definition) is 3. The zero-order valence-electron chi connectivity index (χ0n) is 12.2. The molecule has 0 aliphatic heterocycles. The number of sulfonamides is 1. The van der Waals surface area contributed by atoms with Crippen LogP contribution in [-0.4, -0.2) is 14.5 Å². The van der Waals surface area contributed by atoms with Crippen LogP contribution in [0, 0.1) is 12.7 Å². The van der Waals surface area contributed by atoms with Crippen LogP contribution in [-0.2, 0) is 10.0 Å². The van der Waals surface area contributed by atoms with Gasteiger partial charge in [0.15, 0.2) is 0 Å². The third-order valence-electron chi connectivity index (χ3n) is 3.13. The van der Waals surface area contributed by atoms with Crippen molar-refractivity contribution < 1.29 is 12.8 Å². The van der Waals surface area contributed by atoms with Crippen LogP contribution in [0.15, 0.2) is 17.0 Å². The molecule has 0 aromatic heterocycles. The Morgan fingerprint density at radius 2 is 2.00 bits per heavy atom. The normalized spacial score (nSPS) is 13.4. The SMILES string of the molecule is CCCCCC(C)NS(=O)(=O)c1cc(N)cc(C)c1F. The molecule has 0 bridgehead atoms. The molecule has 1 aromatic rings. The smallest absolute Gasteiger partial charge is 0.243 e. The van der Waals surface area contributed by atoms with Gasteiger partial charge in [-0.3, -0.25) is 0 Å². The summed E-state index contributed by atoms with van der Waals surface area (Å²) in [4.78, 5) is -0.377. The lowest BCUT2D eigenvalue weighted by molar-refractivity contribution is 0.518. The molecule has 0 spiro atoms. The van der Waals surface area contributed by atoms with Crippen molar-refractivity contribution >= 4 is 15.7 Å². The van der Waals surface area contributed by atoms with Gasteiger partial charge in [0.2, 0.25) is 10.0 Å². The number of hydrogen-bond donors (Lipinski definition) is 2. The molecule has 1 rings (SSSR count). The van der Waals surface area contributed by atoms with Crippen LogP contribution in [0.1, 0.15) is 45.1 Å². The largest absolute Gasteiger partial charge is 0.399 e. The predicted molar refractivity (Wildman–Crippen MR) is 79.5 cm³/mol. The van der Waals surface area contributed by atoms with Gasteiger partial charge < -0.3 is 5.73 Å². The maximum Gasteiger partial charge on any atom is 0.243 e. The molecule has 0 aliphatic carbocycles.